The third kappa shape index (κ3) is 2.71. The molecule has 1 unspecified atom stereocenters. The van der Waals surface area contributed by atoms with Crippen LogP contribution in [0.3, 0.4) is 0 Å². The van der Waals surface area contributed by atoms with Crippen LogP contribution in [-0.4, -0.2) is 37.2 Å². The van der Waals surface area contributed by atoms with Gasteiger partial charge in [-0.15, -0.1) is 0 Å². The smallest absolute Gasteiger partial charge is 0.322 e. The molecule has 0 aromatic rings. The molecule has 0 aromatic heterocycles. The summed E-state index contributed by atoms with van der Waals surface area (Å²) in [6, 6.07) is -0.0741. The standard InChI is InChI=1S/C7H13NO2S/c1-10-7(9)6-2-4-11-5-3-8-6/h6,8H,2-5H2,1H3. The van der Waals surface area contributed by atoms with Gasteiger partial charge >= 0.3 is 5.97 Å². The molecular formula is C7H13NO2S. The Morgan fingerprint density at radius 2 is 2.45 bits per heavy atom. The molecule has 1 aliphatic heterocycles. The Morgan fingerprint density at radius 1 is 1.64 bits per heavy atom. The number of nitrogens with one attached hydrogen (secondary N) is 1. The lowest BCUT2D eigenvalue weighted by Gasteiger charge is -2.11. The Labute approximate surface area is 70.9 Å². The van der Waals surface area contributed by atoms with Gasteiger partial charge in [0.1, 0.15) is 6.04 Å². The van der Waals surface area contributed by atoms with Gasteiger partial charge in [-0.25, -0.2) is 0 Å². The molecule has 1 atom stereocenters. The van der Waals surface area contributed by atoms with Crippen LogP contribution in [0.5, 0.6) is 0 Å². The van der Waals surface area contributed by atoms with Crippen molar-refractivity contribution in [2.24, 2.45) is 0 Å². The minimum absolute atomic E-state index is 0.0741. The van der Waals surface area contributed by atoms with E-state index >= 15 is 0 Å². The first-order chi connectivity index (χ1) is 5.34. The second-order valence-corrected chi connectivity index (χ2v) is 3.66. The van der Waals surface area contributed by atoms with E-state index in [0.29, 0.717) is 0 Å². The largest absolute Gasteiger partial charge is 0.468 e. The predicted octanol–water partition coefficient (Wildman–Crippen LogP) is 0.254. The second-order valence-electron chi connectivity index (χ2n) is 2.43. The number of rotatable bonds is 1. The van der Waals surface area contributed by atoms with Crippen molar-refractivity contribution in [1.29, 1.82) is 0 Å². The van der Waals surface area contributed by atoms with Crippen LogP contribution in [0, 0.1) is 0 Å². The first kappa shape index (κ1) is 8.87. The summed E-state index contributed by atoms with van der Waals surface area (Å²) in [5.74, 6) is 2.01. The van der Waals surface area contributed by atoms with Gasteiger partial charge in [0.25, 0.3) is 0 Å². The zero-order valence-electron chi connectivity index (χ0n) is 6.63. The van der Waals surface area contributed by atoms with E-state index in [9.17, 15) is 4.79 Å². The molecule has 0 saturated carbocycles. The minimum atomic E-state index is -0.132. The maximum absolute atomic E-state index is 11.0. The number of carbonyl (C=O) groups excluding carboxylic acids is 1. The van der Waals surface area contributed by atoms with Crippen molar-refractivity contribution in [1.82, 2.24) is 5.32 Å². The van der Waals surface area contributed by atoms with Gasteiger partial charge in [0.05, 0.1) is 7.11 Å². The second kappa shape index (κ2) is 4.62. The van der Waals surface area contributed by atoms with Gasteiger partial charge in [0, 0.05) is 12.3 Å². The number of carbonyl (C=O) groups is 1. The quantitative estimate of drug-likeness (QED) is 0.580. The molecule has 4 heteroatoms. The maximum Gasteiger partial charge on any atom is 0.322 e. The van der Waals surface area contributed by atoms with Crippen molar-refractivity contribution in [2.75, 3.05) is 25.2 Å². The minimum Gasteiger partial charge on any atom is -0.468 e. The van der Waals surface area contributed by atoms with E-state index in [-0.39, 0.29) is 12.0 Å². The first-order valence-electron chi connectivity index (χ1n) is 3.73. The summed E-state index contributed by atoms with van der Waals surface area (Å²) in [6.07, 6.45) is 0.886. The van der Waals surface area contributed by atoms with Crippen LogP contribution in [0.2, 0.25) is 0 Å². The van der Waals surface area contributed by atoms with Crippen molar-refractivity contribution in [2.45, 2.75) is 12.5 Å². The molecule has 1 aliphatic rings. The average Bonchev–Trinajstić information content (AvgIpc) is 2.30. The summed E-state index contributed by atoms with van der Waals surface area (Å²) >= 11 is 1.88. The Bertz CT molecular complexity index is 132. The van der Waals surface area contributed by atoms with E-state index in [1.54, 1.807) is 0 Å². The molecule has 0 spiro atoms. The van der Waals surface area contributed by atoms with Crippen LogP contribution in [0.1, 0.15) is 6.42 Å². The Morgan fingerprint density at radius 3 is 3.18 bits per heavy atom. The Hall–Kier alpha value is -0.220. The molecule has 11 heavy (non-hydrogen) atoms. The van der Waals surface area contributed by atoms with E-state index in [1.807, 2.05) is 11.8 Å². The van der Waals surface area contributed by atoms with Gasteiger partial charge in [0.15, 0.2) is 0 Å². The van der Waals surface area contributed by atoms with Crippen molar-refractivity contribution in [3.63, 3.8) is 0 Å². The lowest BCUT2D eigenvalue weighted by Crippen LogP contribution is -2.37. The van der Waals surface area contributed by atoms with E-state index in [0.717, 1.165) is 24.5 Å². The summed E-state index contributed by atoms with van der Waals surface area (Å²) in [7, 11) is 1.43. The van der Waals surface area contributed by atoms with Crippen LogP contribution in [-0.2, 0) is 9.53 Å². The fraction of sp³-hybridized carbons (Fsp3) is 0.857. The van der Waals surface area contributed by atoms with Crippen LogP contribution in [0.15, 0.2) is 0 Å². The highest BCUT2D eigenvalue weighted by atomic mass is 32.2. The number of thioether (sulfide) groups is 1. The van der Waals surface area contributed by atoms with Crippen molar-refractivity contribution >= 4 is 17.7 Å². The van der Waals surface area contributed by atoms with E-state index in [1.165, 1.54) is 7.11 Å². The predicted molar refractivity (Wildman–Crippen MR) is 45.7 cm³/mol. The Balaban J connectivity index is 2.36. The third-order valence-corrected chi connectivity index (χ3v) is 2.69. The molecule has 0 aliphatic carbocycles. The molecule has 1 N–H and O–H groups in total. The average molecular weight is 175 g/mol. The van der Waals surface area contributed by atoms with Crippen LogP contribution < -0.4 is 5.32 Å². The van der Waals surface area contributed by atoms with E-state index < -0.39 is 0 Å². The molecule has 0 radical (unpaired) electrons. The number of hydrogen-bond acceptors (Lipinski definition) is 4. The lowest BCUT2D eigenvalue weighted by molar-refractivity contribution is -0.143. The van der Waals surface area contributed by atoms with Gasteiger partial charge < -0.3 is 10.1 Å². The summed E-state index contributed by atoms with van der Waals surface area (Å²) in [4.78, 5) is 11.0. The number of esters is 1. The molecule has 64 valence electrons. The molecule has 1 rings (SSSR count). The third-order valence-electron chi connectivity index (χ3n) is 1.67. The normalized spacial score (nSPS) is 25.7. The molecule has 1 heterocycles. The molecule has 0 bridgehead atoms. The van der Waals surface area contributed by atoms with Gasteiger partial charge in [-0.3, -0.25) is 4.79 Å². The van der Waals surface area contributed by atoms with Gasteiger partial charge in [0.2, 0.25) is 0 Å². The van der Waals surface area contributed by atoms with E-state index in [4.69, 9.17) is 0 Å². The zero-order chi connectivity index (χ0) is 8.10. The number of hydrogen-bond donors (Lipinski definition) is 1. The molecule has 0 amide bonds. The summed E-state index contributed by atoms with van der Waals surface area (Å²) in [5, 5.41) is 3.14. The number of methoxy groups -OCH3 is 1. The highest BCUT2D eigenvalue weighted by Gasteiger charge is 2.19. The topological polar surface area (TPSA) is 38.3 Å². The molecule has 3 nitrogen and oxygen atoms in total. The molecule has 1 saturated heterocycles. The first-order valence-corrected chi connectivity index (χ1v) is 4.89. The van der Waals surface area contributed by atoms with Crippen molar-refractivity contribution in [3.05, 3.63) is 0 Å². The monoisotopic (exact) mass is 175 g/mol. The molecule has 1 fully saturated rings. The summed E-state index contributed by atoms with van der Waals surface area (Å²) in [6.45, 7) is 0.907. The zero-order valence-corrected chi connectivity index (χ0v) is 7.45. The van der Waals surface area contributed by atoms with Gasteiger partial charge in [-0.05, 0) is 12.2 Å². The highest BCUT2D eigenvalue weighted by Crippen LogP contribution is 2.09. The van der Waals surface area contributed by atoms with E-state index in [2.05, 4.69) is 10.1 Å². The van der Waals surface area contributed by atoms with Crippen LogP contribution in [0.25, 0.3) is 0 Å². The van der Waals surface area contributed by atoms with Gasteiger partial charge in [-0.2, -0.15) is 11.8 Å². The molecular weight excluding hydrogens is 162 g/mol. The SMILES string of the molecule is COC(=O)C1CCSCCN1. The van der Waals surface area contributed by atoms with Crippen LogP contribution in [0.4, 0.5) is 0 Å². The Kier molecular flexibility index (Phi) is 3.72. The van der Waals surface area contributed by atoms with Crippen molar-refractivity contribution < 1.29 is 9.53 Å². The fourth-order valence-electron chi connectivity index (χ4n) is 1.05. The number of ether oxygens (including phenoxy) is 1. The highest BCUT2D eigenvalue weighted by molar-refractivity contribution is 7.99. The summed E-state index contributed by atoms with van der Waals surface area (Å²) in [5.41, 5.74) is 0. The van der Waals surface area contributed by atoms with Crippen LogP contribution >= 0.6 is 11.8 Å². The maximum atomic E-state index is 11.0. The van der Waals surface area contributed by atoms with Gasteiger partial charge in [-0.1, -0.05) is 0 Å². The summed E-state index contributed by atoms with van der Waals surface area (Å²) < 4.78 is 4.63. The molecule has 0 aromatic carbocycles. The van der Waals surface area contributed by atoms with Crippen molar-refractivity contribution in [3.8, 4) is 0 Å². The lowest BCUT2D eigenvalue weighted by atomic mass is 10.2. The fourth-order valence-corrected chi connectivity index (χ4v) is 1.92.